The second kappa shape index (κ2) is 8.49. The molecular weight excluding hydrogens is 381 g/mol. The van der Waals surface area contributed by atoms with E-state index in [0.717, 1.165) is 35.6 Å². The fourth-order valence-corrected chi connectivity index (χ4v) is 3.79. The zero-order valence-corrected chi connectivity index (χ0v) is 16.8. The standard InChI is InChI=1S/C23H24FN5O/c1-15-11-20(28-19-7-5-18(24)6-8-19)12-21(27-15)17-3-2-10-29(14-17)23(30)16-4-9-22(25)26-13-16/h4-9,11-13,17H,2-3,10,14H2,1H3,(H2,25,26)(H,27,28)/t17-/m0/s1. The van der Waals surface area contributed by atoms with Gasteiger partial charge in [0.2, 0.25) is 0 Å². The normalized spacial score (nSPS) is 16.3. The lowest BCUT2D eigenvalue weighted by atomic mass is 9.93. The van der Waals surface area contributed by atoms with Gasteiger partial charge in [-0.1, -0.05) is 0 Å². The first kappa shape index (κ1) is 19.8. The van der Waals surface area contributed by atoms with Gasteiger partial charge < -0.3 is 16.0 Å². The Morgan fingerprint density at radius 1 is 1.17 bits per heavy atom. The van der Waals surface area contributed by atoms with E-state index >= 15 is 0 Å². The van der Waals surface area contributed by atoms with Crippen LogP contribution in [0.3, 0.4) is 0 Å². The molecule has 0 bridgehead atoms. The maximum atomic E-state index is 13.2. The lowest BCUT2D eigenvalue weighted by molar-refractivity contribution is 0.0705. The van der Waals surface area contributed by atoms with Crippen molar-refractivity contribution in [1.82, 2.24) is 14.9 Å². The minimum absolute atomic E-state index is 0.0375. The number of nitrogen functional groups attached to an aromatic ring is 1. The zero-order valence-electron chi connectivity index (χ0n) is 16.8. The molecule has 0 saturated carbocycles. The highest BCUT2D eigenvalue weighted by atomic mass is 19.1. The molecule has 3 aromatic rings. The van der Waals surface area contributed by atoms with Crippen molar-refractivity contribution in [2.75, 3.05) is 24.1 Å². The van der Waals surface area contributed by atoms with E-state index in [1.807, 2.05) is 24.0 Å². The second-order valence-corrected chi connectivity index (χ2v) is 7.62. The Labute approximate surface area is 175 Å². The van der Waals surface area contributed by atoms with E-state index in [1.165, 1.54) is 18.3 Å². The molecule has 6 nitrogen and oxygen atoms in total. The number of halogens is 1. The Hall–Kier alpha value is -3.48. The van der Waals surface area contributed by atoms with Gasteiger partial charge >= 0.3 is 0 Å². The Balaban J connectivity index is 1.51. The first-order valence-corrected chi connectivity index (χ1v) is 10.00. The number of carbonyl (C=O) groups excluding carboxylic acids is 1. The van der Waals surface area contributed by atoms with Crippen LogP contribution in [0.4, 0.5) is 21.6 Å². The van der Waals surface area contributed by atoms with E-state index in [2.05, 4.69) is 10.3 Å². The summed E-state index contributed by atoms with van der Waals surface area (Å²) in [5.41, 5.74) is 9.72. The number of aryl methyl sites for hydroxylation is 1. The lowest BCUT2D eigenvalue weighted by Crippen LogP contribution is -2.39. The summed E-state index contributed by atoms with van der Waals surface area (Å²) in [6, 6.07) is 13.6. The van der Waals surface area contributed by atoms with Crippen molar-refractivity contribution in [3.8, 4) is 0 Å². The number of benzene rings is 1. The van der Waals surface area contributed by atoms with Gasteiger partial charge in [-0.05, 0) is 68.3 Å². The number of aromatic nitrogens is 2. The number of piperidine rings is 1. The summed E-state index contributed by atoms with van der Waals surface area (Å²) in [4.78, 5) is 23.5. The number of hydrogen-bond donors (Lipinski definition) is 2. The molecule has 3 N–H and O–H groups in total. The molecule has 0 aliphatic carbocycles. The van der Waals surface area contributed by atoms with Gasteiger partial charge in [0.05, 0.1) is 5.56 Å². The van der Waals surface area contributed by atoms with Crippen molar-refractivity contribution >= 4 is 23.1 Å². The monoisotopic (exact) mass is 405 g/mol. The topological polar surface area (TPSA) is 84.1 Å². The second-order valence-electron chi connectivity index (χ2n) is 7.62. The number of anilines is 3. The third kappa shape index (κ3) is 4.56. The largest absolute Gasteiger partial charge is 0.384 e. The molecule has 4 rings (SSSR count). The van der Waals surface area contributed by atoms with E-state index in [1.54, 1.807) is 24.3 Å². The quantitative estimate of drug-likeness (QED) is 0.677. The summed E-state index contributed by atoms with van der Waals surface area (Å²) >= 11 is 0. The smallest absolute Gasteiger partial charge is 0.255 e. The fraction of sp³-hybridized carbons (Fsp3) is 0.261. The average Bonchev–Trinajstić information content (AvgIpc) is 2.75. The first-order valence-electron chi connectivity index (χ1n) is 10.00. The number of nitrogens with two attached hydrogens (primary N) is 1. The summed E-state index contributed by atoms with van der Waals surface area (Å²) in [6.07, 6.45) is 3.41. The molecule has 1 amide bonds. The number of nitrogens with zero attached hydrogens (tertiary/aromatic N) is 3. The Morgan fingerprint density at radius 2 is 1.97 bits per heavy atom. The van der Waals surface area contributed by atoms with Crippen LogP contribution in [0, 0.1) is 12.7 Å². The molecule has 1 atom stereocenters. The molecule has 1 aromatic carbocycles. The van der Waals surface area contributed by atoms with Gasteiger partial charge in [0.1, 0.15) is 11.6 Å². The van der Waals surface area contributed by atoms with E-state index in [4.69, 9.17) is 10.7 Å². The van der Waals surface area contributed by atoms with Crippen molar-refractivity contribution in [2.24, 2.45) is 0 Å². The number of rotatable bonds is 4. The zero-order chi connectivity index (χ0) is 21.1. The summed E-state index contributed by atoms with van der Waals surface area (Å²) in [6.45, 7) is 3.27. The van der Waals surface area contributed by atoms with Gasteiger partial charge in [0.25, 0.3) is 5.91 Å². The van der Waals surface area contributed by atoms with Crippen LogP contribution >= 0.6 is 0 Å². The number of hydrogen-bond acceptors (Lipinski definition) is 5. The molecule has 0 unspecified atom stereocenters. The maximum Gasteiger partial charge on any atom is 0.255 e. The van der Waals surface area contributed by atoms with Crippen molar-refractivity contribution in [3.05, 3.63) is 77.5 Å². The van der Waals surface area contributed by atoms with Crippen molar-refractivity contribution < 1.29 is 9.18 Å². The molecule has 1 aliphatic heterocycles. The minimum Gasteiger partial charge on any atom is -0.384 e. The van der Waals surface area contributed by atoms with E-state index in [9.17, 15) is 9.18 Å². The van der Waals surface area contributed by atoms with Crippen molar-refractivity contribution in [1.29, 1.82) is 0 Å². The van der Waals surface area contributed by atoms with Gasteiger partial charge in [-0.15, -0.1) is 0 Å². The van der Waals surface area contributed by atoms with Crippen LogP contribution in [0.15, 0.2) is 54.7 Å². The predicted octanol–water partition coefficient (Wildman–Crippen LogP) is 4.27. The SMILES string of the molecule is Cc1cc(Nc2ccc(F)cc2)cc([C@H]2CCCN(C(=O)c3ccc(N)nc3)C2)n1. The summed E-state index contributed by atoms with van der Waals surface area (Å²) in [5.74, 6) is 0.242. The highest BCUT2D eigenvalue weighted by molar-refractivity contribution is 5.94. The molecule has 30 heavy (non-hydrogen) atoms. The molecule has 154 valence electrons. The number of carbonyl (C=O) groups is 1. The van der Waals surface area contributed by atoms with Crippen LogP contribution in [0.5, 0.6) is 0 Å². The van der Waals surface area contributed by atoms with Gasteiger partial charge in [0, 0.05) is 48.0 Å². The molecule has 1 aliphatic rings. The molecular formula is C23H24FN5O. The minimum atomic E-state index is -0.268. The maximum absolute atomic E-state index is 13.2. The van der Waals surface area contributed by atoms with Crippen molar-refractivity contribution in [3.63, 3.8) is 0 Å². The molecule has 0 spiro atoms. The van der Waals surface area contributed by atoms with Gasteiger partial charge in [-0.3, -0.25) is 9.78 Å². The number of nitrogens with one attached hydrogen (secondary N) is 1. The average molecular weight is 405 g/mol. The van der Waals surface area contributed by atoms with Crippen LogP contribution < -0.4 is 11.1 Å². The third-order valence-corrected chi connectivity index (χ3v) is 5.27. The van der Waals surface area contributed by atoms with Gasteiger partial charge in [0.15, 0.2) is 0 Å². The summed E-state index contributed by atoms with van der Waals surface area (Å²) < 4.78 is 13.2. The Morgan fingerprint density at radius 3 is 2.70 bits per heavy atom. The summed E-state index contributed by atoms with van der Waals surface area (Å²) in [7, 11) is 0. The highest BCUT2D eigenvalue weighted by Gasteiger charge is 2.27. The first-order chi connectivity index (χ1) is 14.5. The molecule has 7 heteroatoms. The molecule has 3 heterocycles. The van der Waals surface area contributed by atoms with E-state index in [0.29, 0.717) is 24.5 Å². The lowest BCUT2D eigenvalue weighted by Gasteiger charge is -2.33. The molecule has 1 saturated heterocycles. The highest BCUT2D eigenvalue weighted by Crippen LogP contribution is 2.29. The van der Waals surface area contributed by atoms with E-state index in [-0.39, 0.29) is 17.6 Å². The molecule has 1 fully saturated rings. The Bertz CT molecular complexity index is 1040. The van der Waals surface area contributed by atoms with Gasteiger partial charge in [-0.25, -0.2) is 9.37 Å². The molecule has 0 radical (unpaired) electrons. The number of amides is 1. The van der Waals surface area contributed by atoms with Crippen LogP contribution in [0.2, 0.25) is 0 Å². The van der Waals surface area contributed by atoms with Gasteiger partial charge in [-0.2, -0.15) is 0 Å². The van der Waals surface area contributed by atoms with Crippen LogP contribution in [0.1, 0.15) is 40.5 Å². The van der Waals surface area contributed by atoms with E-state index < -0.39 is 0 Å². The number of pyridine rings is 2. The fourth-order valence-electron chi connectivity index (χ4n) is 3.79. The Kier molecular flexibility index (Phi) is 5.61. The van der Waals surface area contributed by atoms with Crippen LogP contribution in [-0.4, -0.2) is 33.9 Å². The third-order valence-electron chi connectivity index (χ3n) is 5.27. The van der Waals surface area contributed by atoms with Crippen LogP contribution in [-0.2, 0) is 0 Å². The molecule has 2 aromatic heterocycles. The predicted molar refractivity (Wildman–Crippen MR) is 115 cm³/mol. The van der Waals surface area contributed by atoms with Crippen molar-refractivity contribution in [2.45, 2.75) is 25.7 Å². The summed E-state index contributed by atoms with van der Waals surface area (Å²) in [5, 5.41) is 3.31. The van der Waals surface area contributed by atoms with Crippen LogP contribution in [0.25, 0.3) is 0 Å². The number of likely N-dealkylation sites (tertiary alicyclic amines) is 1.